The number of nitrogens with one attached hydrogen (secondary N) is 1. The molecule has 0 aromatic heterocycles. The predicted molar refractivity (Wildman–Crippen MR) is 90.6 cm³/mol. The summed E-state index contributed by atoms with van der Waals surface area (Å²) in [5.41, 5.74) is 1.24. The normalized spacial score (nSPS) is 13.8. The number of nitrogens with two attached hydrogens (primary N) is 1. The van der Waals surface area contributed by atoms with E-state index in [1.807, 2.05) is 29.2 Å². The van der Waals surface area contributed by atoms with Gasteiger partial charge in [0.05, 0.1) is 23.7 Å². The zero-order valence-corrected chi connectivity index (χ0v) is 13.6. The van der Waals surface area contributed by atoms with Crippen LogP contribution in [0.25, 0.3) is 0 Å². The van der Waals surface area contributed by atoms with Gasteiger partial charge in [-0.3, -0.25) is 4.79 Å². The van der Waals surface area contributed by atoms with Crippen molar-refractivity contribution < 1.29 is 17.9 Å². The maximum absolute atomic E-state index is 12.3. The lowest BCUT2D eigenvalue weighted by molar-refractivity contribution is -0.115. The lowest BCUT2D eigenvalue weighted by atomic mass is 10.2. The first-order chi connectivity index (χ1) is 11.4. The third-order valence-electron chi connectivity index (χ3n) is 3.61. The Morgan fingerprint density at radius 2 is 2.00 bits per heavy atom. The van der Waals surface area contributed by atoms with Crippen molar-refractivity contribution in [2.75, 3.05) is 29.9 Å². The molecule has 8 heteroatoms. The Kier molecular flexibility index (Phi) is 4.41. The Morgan fingerprint density at radius 1 is 1.21 bits per heavy atom. The highest BCUT2D eigenvalue weighted by molar-refractivity contribution is 7.89. The highest BCUT2D eigenvalue weighted by Crippen LogP contribution is 2.30. The number of fused-ring (bicyclic) bond motifs is 1. The van der Waals surface area contributed by atoms with Crippen molar-refractivity contribution in [3.05, 3.63) is 48.5 Å². The monoisotopic (exact) mass is 347 g/mol. The SMILES string of the molecule is NS(=O)(=O)c1cccc(NC(=O)CN2CCOc3ccccc32)c1. The van der Waals surface area contributed by atoms with Crippen LogP contribution in [0.5, 0.6) is 5.75 Å². The molecule has 0 saturated carbocycles. The number of sulfonamides is 1. The number of benzene rings is 2. The summed E-state index contributed by atoms with van der Waals surface area (Å²) >= 11 is 0. The van der Waals surface area contributed by atoms with Crippen LogP contribution in [0.3, 0.4) is 0 Å². The number of anilines is 2. The van der Waals surface area contributed by atoms with E-state index in [4.69, 9.17) is 9.88 Å². The van der Waals surface area contributed by atoms with Gasteiger partial charge < -0.3 is 15.0 Å². The van der Waals surface area contributed by atoms with Gasteiger partial charge in [-0.15, -0.1) is 0 Å². The Balaban J connectivity index is 1.71. The van der Waals surface area contributed by atoms with E-state index in [1.165, 1.54) is 18.2 Å². The second kappa shape index (κ2) is 6.50. The standard InChI is InChI=1S/C16H17N3O4S/c17-24(21,22)13-5-3-4-12(10-13)18-16(20)11-19-8-9-23-15-7-2-1-6-14(15)19/h1-7,10H,8-9,11H2,(H,18,20)(H2,17,21,22). The summed E-state index contributed by atoms with van der Waals surface area (Å²) in [6.07, 6.45) is 0. The zero-order chi connectivity index (χ0) is 17.2. The molecule has 3 rings (SSSR count). The van der Waals surface area contributed by atoms with Gasteiger partial charge >= 0.3 is 0 Å². The van der Waals surface area contributed by atoms with Crippen molar-refractivity contribution in [1.82, 2.24) is 0 Å². The molecule has 2 aromatic carbocycles. The molecule has 1 aliphatic rings. The van der Waals surface area contributed by atoms with Crippen molar-refractivity contribution in [3.63, 3.8) is 0 Å². The van der Waals surface area contributed by atoms with Crippen LogP contribution in [-0.4, -0.2) is 34.0 Å². The van der Waals surface area contributed by atoms with Gasteiger partial charge in [-0.1, -0.05) is 18.2 Å². The smallest absolute Gasteiger partial charge is 0.243 e. The van der Waals surface area contributed by atoms with Gasteiger partial charge in [0.15, 0.2) is 0 Å². The molecular weight excluding hydrogens is 330 g/mol. The first kappa shape index (κ1) is 16.3. The Hall–Kier alpha value is -2.58. The summed E-state index contributed by atoms with van der Waals surface area (Å²) in [5, 5.41) is 7.79. The van der Waals surface area contributed by atoms with Gasteiger partial charge in [0.25, 0.3) is 0 Å². The van der Waals surface area contributed by atoms with Crippen molar-refractivity contribution in [1.29, 1.82) is 0 Å². The highest BCUT2D eigenvalue weighted by Gasteiger charge is 2.20. The van der Waals surface area contributed by atoms with Crippen molar-refractivity contribution in [3.8, 4) is 5.75 Å². The summed E-state index contributed by atoms with van der Waals surface area (Å²) in [5.74, 6) is 0.492. The number of nitrogens with zero attached hydrogens (tertiary/aromatic N) is 1. The van der Waals surface area contributed by atoms with Crippen LogP contribution in [0, 0.1) is 0 Å². The van der Waals surface area contributed by atoms with Gasteiger partial charge in [-0.25, -0.2) is 13.6 Å². The van der Waals surface area contributed by atoms with Crippen LogP contribution in [0.2, 0.25) is 0 Å². The van der Waals surface area contributed by atoms with E-state index in [9.17, 15) is 13.2 Å². The molecule has 0 aliphatic carbocycles. The lowest BCUT2D eigenvalue weighted by Crippen LogP contribution is -2.38. The molecule has 0 atom stereocenters. The Bertz CT molecular complexity index is 867. The molecule has 0 spiro atoms. The molecular formula is C16H17N3O4S. The van der Waals surface area contributed by atoms with Crippen molar-refractivity contribution >= 4 is 27.3 Å². The largest absolute Gasteiger partial charge is 0.490 e. The fourth-order valence-electron chi connectivity index (χ4n) is 2.52. The second-order valence-electron chi connectivity index (χ2n) is 5.36. The van der Waals surface area contributed by atoms with Gasteiger partial charge in [0.2, 0.25) is 15.9 Å². The molecule has 24 heavy (non-hydrogen) atoms. The number of para-hydroxylation sites is 2. The minimum Gasteiger partial charge on any atom is -0.490 e. The summed E-state index contributed by atoms with van der Waals surface area (Å²) in [6, 6.07) is 13.4. The molecule has 2 aromatic rings. The first-order valence-electron chi connectivity index (χ1n) is 7.33. The Labute approximate surface area is 140 Å². The minimum absolute atomic E-state index is 0.0444. The molecule has 3 N–H and O–H groups in total. The molecule has 0 radical (unpaired) electrons. The van der Waals surface area contributed by atoms with Gasteiger partial charge in [0, 0.05) is 5.69 Å². The van der Waals surface area contributed by atoms with Crippen LogP contribution < -0.4 is 20.1 Å². The molecule has 0 saturated heterocycles. The van der Waals surface area contributed by atoms with Gasteiger partial charge in [-0.05, 0) is 30.3 Å². The van der Waals surface area contributed by atoms with Crippen LogP contribution in [0.15, 0.2) is 53.4 Å². The number of carbonyl (C=O) groups excluding carboxylic acids is 1. The molecule has 0 bridgehead atoms. The van der Waals surface area contributed by atoms with E-state index in [0.717, 1.165) is 11.4 Å². The van der Waals surface area contributed by atoms with E-state index in [1.54, 1.807) is 6.07 Å². The highest BCUT2D eigenvalue weighted by atomic mass is 32.2. The van der Waals surface area contributed by atoms with Crippen molar-refractivity contribution in [2.24, 2.45) is 5.14 Å². The molecule has 126 valence electrons. The third-order valence-corrected chi connectivity index (χ3v) is 4.52. The number of rotatable bonds is 4. The van der Waals surface area contributed by atoms with E-state index >= 15 is 0 Å². The molecule has 1 heterocycles. The number of hydrogen-bond donors (Lipinski definition) is 2. The second-order valence-corrected chi connectivity index (χ2v) is 6.92. The van der Waals surface area contributed by atoms with E-state index in [0.29, 0.717) is 18.8 Å². The zero-order valence-electron chi connectivity index (χ0n) is 12.8. The van der Waals surface area contributed by atoms with Crippen molar-refractivity contribution in [2.45, 2.75) is 4.90 Å². The predicted octanol–water partition coefficient (Wildman–Crippen LogP) is 1.17. The fraction of sp³-hybridized carbons (Fsp3) is 0.188. The summed E-state index contributed by atoms with van der Waals surface area (Å²) in [4.78, 5) is 14.1. The molecule has 0 fully saturated rings. The first-order valence-corrected chi connectivity index (χ1v) is 8.87. The number of primary sulfonamides is 1. The van der Waals surface area contributed by atoms with Crippen LogP contribution in [0.1, 0.15) is 0 Å². The van der Waals surface area contributed by atoms with Crippen LogP contribution in [0.4, 0.5) is 11.4 Å². The number of amides is 1. The summed E-state index contributed by atoms with van der Waals surface area (Å²) in [7, 11) is -3.81. The van der Waals surface area contributed by atoms with Gasteiger partial charge in [0.1, 0.15) is 12.4 Å². The lowest BCUT2D eigenvalue weighted by Gasteiger charge is -2.30. The average molecular weight is 347 g/mol. The van der Waals surface area contributed by atoms with Crippen LogP contribution >= 0.6 is 0 Å². The summed E-state index contributed by atoms with van der Waals surface area (Å²) < 4.78 is 28.3. The average Bonchev–Trinajstić information content (AvgIpc) is 2.54. The summed E-state index contributed by atoms with van der Waals surface area (Å²) in [6.45, 7) is 1.24. The fourth-order valence-corrected chi connectivity index (χ4v) is 3.08. The molecule has 1 aliphatic heterocycles. The quantitative estimate of drug-likeness (QED) is 0.864. The Morgan fingerprint density at radius 3 is 2.79 bits per heavy atom. The van der Waals surface area contributed by atoms with Crippen LogP contribution in [-0.2, 0) is 14.8 Å². The number of carbonyl (C=O) groups is 1. The van der Waals surface area contributed by atoms with Gasteiger partial charge in [-0.2, -0.15) is 0 Å². The van der Waals surface area contributed by atoms with E-state index < -0.39 is 10.0 Å². The number of ether oxygens (including phenoxy) is 1. The maximum atomic E-state index is 12.3. The molecule has 7 nitrogen and oxygen atoms in total. The maximum Gasteiger partial charge on any atom is 0.243 e. The van der Waals surface area contributed by atoms with E-state index in [2.05, 4.69) is 5.32 Å². The third kappa shape index (κ3) is 3.66. The minimum atomic E-state index is -3.81. The molecule has 0 unspecified atom stereocenters. The number of hydrogen-bond acceptors (Lipinski definition) is 5. The molecule has 1 amide bonds. The topological polar surface area (TPSA) is 102 Å². The van der Waals surface area contributed by atoms with E-state index in [-0.39, 0.29) is 17.3 Å².